The summed E-state index contributed by atoms with van der Waals surface area (Å²) in [7, 11) is 0. The monoisotopic (exact) mass is 230 g/mol. The van der Waals surface area contributed by atoms with Gasteiger partial charge in [0.2, 0.25) is 0 Å². The molecule has 0 aliphatic rings. The third-order valence-corrected chi connectivity index (χ3v) is 2.54. The van der Waals surface area contributed by atoms with Crippen molar-refractivity contribution in [3.05, 3.63) is 33.3 Å². The maximum Gasteiger partial charge on any atom is 0.160 e. The van der Waals surface area contributed by atoms with Crippen LogP contribution in [0, 0.1) is 0 Å². The van der Waals surface area contributed by atoms with Gasteiger partial charge in [-0.1, -0.05) is 23.2 Å². The van der Waals surface area contributed by atoms with Crippen LogP contribution >= 0.6 is 23.2 Å². The maximum absolute atomic E-state index is 11.2. The highest BCUT2D eigenvalue weighted by Gasteiger charge is 2.13. The van der Waals surface area contributed by atoms with Gasteiger partial charge in [0.15, 0.2) is 11.6 Å². The third kappa shape index (κ3) is 2.14. The van der Waals surface area contributed by atoms with Crippen LogP contribution in [0.5, 0.6) is 0 Å². The van der Waals surface area contributed by atoms with E-state index in [1.807, 2.05) is 0 Å². The molecule has 0 saturated heterocycles. The first kappa shape index (κ1) is 11.2. The molecule has 0 saturated carbocycles. The molecule has 0 unspecified atom stereocenters. The summed E-state index contributed by atoms with van der Waals surface area (Å²) in [6.07, 6.45) is 0. The smallest absolute Gasteiger partial charge is 0.160 e. The second-order valence-electron chi connectivity index (χ2n) is 2.92. The molecular formula is C10H8Cl2O2. The van der Waals surface area contributed by atoms with Gasteiger partial charge in [-0.25, -0.2) is 0 Å². The van der Waals surface area contributed by atoms with Crippen LogP contribution in [0.1, 0.15) is 34.6 Å². The highest BCUT2D eigenvalue weighted by Crippen LogP contribution is 2.26. The van der Waals surface area contributed by atoms with Crippen molar-refractivity contribution in [2.24, 2.45) is 0 Å². The zero-order chi connectivity index (χ0) is 10.9. The minimum absolute atomic E-state index is 0.200. The predicted octanol–water partition coefficient (Wildman–Crippen LogP) is 3.40. The molecule has 0 aliphatic carbocycles. The van der Waals surface area contributed by atoms with Gasteiger partial charge in [0, 0.05) is 11.1 Å². The Hall–Kier alpha value is -0.860. The highest BCUT2D eigenvalue weighted by atomic mass is 35.5. The predicted molar refractivity (Wildman–Crippen MR) is 56.5 cm³/mol. The molecule has 14 heavy (non-hydrogen) atoms. The van der Waals surface area contributed by atoms with E-state index in [1.165, 1.54) is 26.0 Å². The molecule has 0 aromatic heterocycles. The number of hydrogen-bond donors (Lipinski definition) is 0. The summed E-state index contributed by atoms with van der Waals surface area (Å²) in [5.74, 6) is -0.400. The van der Waals surface area contributed by atoms with Crippen molar-refractivity contribution in [3.63, 3.8) is 0 Å². The maximum atomic E-state index is 11.2. The average molecular weight is 231 g/mol. The minimum atomic E-state index is -0.200. The Balaban J connectivity index is 3.46. The van der Waals surface area contributed by atoms with Crippen LogP contribution in [-0.2, 0) is 0 Å². The van der Waals surface area contributed by atoms with Gasteiger partial charge in [0.25, 0.3) is 0 Å². The van der Waals surface area contributed by atoms with E-state index in [4.69, 9.17) is 23.2 Å². The zero-order valence-corrected chi connectivity index (χ0v) is 9.24. The number of ketones is 2. The Morgan fingerprint density at radius 2 is 1.21 bits per heavy atom. The van der Waals surface area contributed by atoms with Gasteiger partial charge in [-0.15, -0.1) is 0 Å². The lowest BCUT2D eigenvalue weighted by molar-refractivity contribution is 0.0981. The number of carbonyl (C=O) groups excluding carboxylic acids is 2. The Morgan fingerprint density at radius 3 is 1.43 bits per heavy atom. The normalized spacial score (nSPS) is 10.0. The van der Waals surface area contributed by atoms with E-state index in [9.17, 15) is 9.59 Å². The molecule has 2 nitrogen and oxygen atoms in total. The largest absolute Gasteiger partial charge is 0.294 e. The fourth-order valence-corrected chi connectivity index (χ4v) is 1.46. The zero-order valence-electron chi connectivity index (χ0n) is 7.73. The quantitative estimate of drug-likeness (QED) is 0.731. The van der Waals surface area contributed by atoms with Crippen molar-refractivity contribution in [2.45, 2.75) is 13.8 Å². The molecule has 0 fully saturated rings. The summed E-state index contributed by atoms with van der Waals surface area (Å²) in [4.78, 5) is 22.4. The molecule has 1 rings (SSSR count). The van der Waals surface area contributed by atoms with E-state index in [1.54, 1.807) is 0 Å². The summed E-state index contributed by atoms with van der Waals surface area (Å²) >= 11 is 11.5. The van der Waals surface area contributed by atoms with E-state index in [0.717, 1.165) is 0 Å². The third-order valence-electron chi connectivity index (χ3n) is 1.82. The van der Waals surface area contributed by atoms with E-state index >= 15 is 0 Å². The molecule has 0 heterocycles. The van der Waals surface area contributed by atoms with Gasteiger partial charge in [-0.2, -0.15) is 0 Å². The van der Waals surface area contributed by atoms with Crippen LogP contribution in [0.15, 0.2) is 12.1 Å². The highest BCUT2D eigenvalue weighted by molar-refractivity contribution is 6.42. The van der Waals surface area contributed by atoms with Gasteiger partial charge in [-0.05, 0) is 26.0 Å². The van der Waals surface area contributed by atoms with Crippen molar-refractivity contribution in [2.75, 3.05) is 0 Å². The second-order valence-corrected chi connectivity index (χ2v) is 3.74. The fraction of sp³-hybridized carbons (Fsp3) is 0.200. The van der Waals surface area contributed by atoms with Crippen molar-refractivity contribution in [1.82, 2.24) is 0 Å². The lowest BCUT2D eigenvalue weighted by Gasteiger charge is -2.05. The molecule has 0 spiro atoms. The number of benzene rings is 1. The molecule has 1 aromatic rings. The molecule has 0 aliphatic heterocycles. The van der Waals surface area contributed by atoms with Gasteiger partial charge in [0.05, 0.1) is 10.0 Å². The van der Waals surface area contributed by atoms with Crippen molar-refractivity contribution in [3.8, 4) is 0 Å². The fourth-order valence-electron chi connectivity index (χ4n) is 1.13. The van der Waals surface area contributed by atoms with Gasteiger partial charge in [0.1, 0.15) is 0 Å². The number of Topliss-reactive ketones (excluding diaryl/α,β-unsaturated/α-hetero) is 2. The molecule has 0 bridgehead atoms. The summed E-state index contributed by atoms with van der Waals surface area (Å²) in [5, 5.41) is 0.559. The SMILES string of the molecule is CC(=O)c1cc(Cl)c(Cl)cc1C(C)=O. The standard InChI is InChI=1S/C10H8Cl2O2/c1-5(13)7-3-9(11)10(12)4-8(7)6(2)14/h3-4H,1-2H3. The topological polar surface area (TPSA) is 34.1 Å². The number of carbonyl (C=O) groups is 2. The minimum Gasteiger partial charge on any atom is -0.294 e. The molecule has 0 atom stereocenters. The Morgan fingerprint density at radius 1 is 0.929 bits per heavy atom. The van der Waals surface area contributed by atoms with E-state index < -0.39 is 0 Å². The summed E-state index contributed by atoms with van der Waals surface area (Å²) in [6, 6.07) is 2.84. The van der Waals surface area contributed by atoms with Crippen LogP contribution < -0.4 is 0 Å². The van der Waals surface area contributed by atoms with Crippen LogP contribution in [-0.4, -0.2) is 11.6 Å². The first-order valence-corrected chi connectivity index (χ1v) is 4.70. The Labute approximate surface area is 91.8 Å². The summed E-state index contributed by atoms with van der Waals surface area (Å²) < 4.78 is 0. The van der Waals surface area contributed by atoms with Gasteiger partial charge in [-0.3, -0.25) is 9.59 Å². The molecular weight excluding hydrogens is 223 g/mol. The number of rotatable bonds is 2. The summed E-state index contributed by atoms with van der Waals surface area (Å²) in [5.41, 5.74) is 0.624. The van der Waals surface area contributed by atoms with E-state index in [-0.39, 0.29) is 21.6 Å². The Bertz CT molecular complexity index is 372. The first-order valence-electron chi connectivity index (χ1n) is 3.94. The molecule has 0 N–H and O–H groups in total. The number of hydrogen-bond acceptors (Lipinski definition) is 2. The second kappa shape index (κ2) is 4.11. The van der Waals surface area contributed by atoms with Crippen LogP contribution in [0.2, 0.25) is 10.0 Å². The van der Waals surface area contributed by atoms with Gasteiger partial charge < -0.3 is 0 Å². The summed E-state index contributed by atoms with van der Waals surface area (Å²) in [6.45, 7) is 2.76. The van der Waals surface area contributed by atoms with E-state index in [0.29, 0.717) is 11.1 Å². The molecule has 74 valence electrons. The lowest BCUT2D eigenvalue weighted by Crippen LogP contribution is -2.04. The molecule has 1 aromatic carbocycles. The van der Waals surface area contributed by atoms with Crippen molar-refractivity contribution < 1.29 is 9.59 Å². The lowest BCUT2D eigenvalue weighted by atomic mass is 10.0. The first-order chi connectivity index (χ1) is 6.43. The van der Waals surface area contributed by atoms with E-state index in [2.05, 4.69) is 0 Å². The van der Waals surface area contributed by atoms with Crippen molar-refractivity contribution in [1.29, 1.82) is 0 Å². The van der Waals surface area contributed by atoms with Crippen LogP contribution in [0.25, 0.3) is 0 Å². The van der Waals surface area contributed by atoms with Crippen LogP contribution in [0.3, 0.4) is 0 Å². The number of halogens is 2. The molecule has 4 heteroatoms. The molecule has 0 radical (unpaired) electrons. The van der Waals surface area contributed by atoms with Gasteiger partial charge >= 0.3 is 0 Å². The van der Waals surface area contributed by atoms with Crippen LogP contribution in [0.4, 0.5) is 0 Å². The molecule has 0 amide bonds. The average Bonchev–Trinajstić information content (AvgIpc) is 2.08. The van der Waals surface area contributed by atoms with Crippen molar-refractivity contribution >= 4 is 34.8 Å². The Kier molecular flexibility index (Phi) is 3.29.